The van der Waals surface area contributed by atoms with Crippen molar-refractivity contribution in [3.05, 3.63) is 71.8 Å². The molecule has 2 heterocycles. The minimum Gasteiger partial charge on any atom is -0.363 e. The molecule has 0 radical (unpaired) electrons. The van der Waals surface area contributed by atoms with Crippen molar-refractivity contribution in [3.63, 3.8) is 0 Å². The Balaban J connectivity index is 1.84. The van der Waals surface area contributed by atoms with Gasteiger partial charge in [-0.05, 0) is 30.4 Å². The molecule has 0 aromatic heterocycles. The molecule has 22 heavy (non-hydrogen) atoms. The van der Waals surface area contributed by atoms with Gasteiger partial charge in [-0.25, -0.2) is 0 Å². The Bertz CT molecular complexity index is 627. The van der Waals surface area contributed by atoms with E-state index in [1.165, 1.54) is 24.0 Å². The molecule has 1 N–H and O–H groups in total. The van der Waals surface area contributed by atoms with Gasteiger partial charge in [-0.15, -0.1) is 0 Å². The summed E-state index contributed by atoms with van der Waals surface area (Å²) in [6, 6.07) is 22.3. The number of hydrogen-bond acceptors (Lipinski definition) is 2. The highest BCUT2D eigenvalue weighted by Crippen LogP contribution is 2.54. The first kappa shape index (κ1) is 14.0. The van der Waals surface area contributed by atoms with Gasteiger partial charge in [0.1, 0.15) is 5.72 Å². The lowest BCUT2D eigenvalue weighted by molar-refractivity contribution is -0.0579. The normalized spacial score (nSPS) is 33.8. The summed E-state index contributed by atoms with van der Waals surface area (Å²) in [5.41, 5.74) is 2.59. The molecule has 2 bridgehead atoms. The summed E-state index contributed by atoms with van der Waals surface area (Å²) < 4.78 is 6.08. The van der Waals surface area contributed by atoms with E-state index in [9.17, 15) is 0 Å². The van der Waals surface area contributed by atoms with Crippen LogP contribution in [0.3, 0.4) is 0 Å². The number of fused-ring (bicyclic) bond motifs is 2. The second-order valence-electron chi connectivity index (χ2n) is 6.56. The minimum atomic E-state index is -0.217. The number of methoxy groups -OCH3 is 1. The number of piperidine rings is 1. The number of rotatable bonds is 3. The summed E-state index contributed by atoms with van der Waals surface area (Å²) in [5.74, 6) is 0.847. The molecule has 0 amide bonds. The second kappa shape index (κ2) is 5.53. The molecular formula is C20H23NO. The first-order chi connectivity index (χ1) is 10.8. The Morgan fingerprint density at radius 2 is 1.59 bits per heavy atom. The average Bonchev–Trinajstić information content (AvgIpc) is 2.83. The van der Waals surface area contributed by atoms with E-state index in [1.54, 1.807) is 0 Å². The molecule has 2 aromatic rings. The van der Waals surface area contributed by atoms with Crippen LogP contribution in [0.5, 0.6) is 0 Å². The van der Waals surface area contributed by atoms with Crippen LogP contribution in [0.25, 0.3) is 0 Å². The summed E-state index contributed by atoms with van der Waals surface area (Å²) in [7, 11) is 1.86. The van der Waals surface area contributed by atoms with Gasteiger partial charge < -0.3 is 4.74 Å². The number of nitrogens with one attached hydrogen (secondary N) is 1. The maximum Gasteiger partial charge on any atom is 0.126 e. The quantitative estimate of drug-likeness (QED) is 0.921. The van der Waals surface area contributed by atoms with Crippen molar-refractivity contribution in [1.29, 1.82) is 0 Å². The first-order valence-electron chi connectivity index (χ1n) is 8.27. The third-order valence-electron chi connectivity index (χ3n) is 5.50. The van der Waals surface area contributed by atoms with Crippen LogP contribution < -0.4 is 5.32 Å². The van der Waals surface area contributed by atoms with Crippen molar-refractivity contribution in [2.24, 2.45) is 0 Å². The molecule has 2 heteroatoms. The third kappa shape index (κ3) is 2.10. The van der Waals surface area contributed by atoms with E-state index in [0.29, 0.717) is 17.9 Å². The summed E-state index contributed by atoms with van der Waals surface area (Å²) in [6.45, 7) is 0. The Kier molecular flexibility index (Phi) is 3.51. The van der Waals surface area contributed by atoms with Crippen LogP contribution in [0.15, 0.2) is 60.7 Å². The van der Waals surface area contributed by atoms with Gasteiger partial charge in [-0.2, -0.15) is 0 Å². The lowest BCUT2D eigenvalue weighted by Crippen LogP contribution is -2.50. The smallest absolute Gasteiger partial charge is 0.126 e. The van der Waals surface area contributed by atoms with E-state index >= 15 is 0 Å². The summed E-state index contributed by atoms with van der Waals surface area (Å²) in [5, 5.41) is 3.83. The minimum absolute atomic E-state index is 0.217. The molecule has 2 saturated heterocycles. The average molecular weight is 293 g/mol. The molecule has 0 saturated carbocycles. The highest BCUT2D eigenvalue weighted by molar-refractivity contribution is 5.36. The fourth-order valence-corrected chi connectivity index (χ4v) is 4.60. The van der Waals surface area contributed by atoms with Gasteiger partial charge in [0.2, 0.25) is 0 Å². The standard InChI is InChI=1S/C20H23NO/c1-22-20-14-8-13-17(21-20)18(15-9-4-2-5-10-15)19(20)16-11-6-3-7-12-16/h2-7,9-12,17-19,21H,8,13-14H2,1H3/t17-,18+,19-,20-/m1/s1. The SMILES string of the molecule is CO[C@@]12CCC[C@@H](N1)[C@H](c1ccccc1)[C@H]2c1ccccc1. The van der Waals surface area contributed by atoms with Gasteiger partial charge in [-0.3, -0.25) is 5.32 Å². The molecule has 0 spiro atoms. The van der Waals surface area contributed by atoms with E-state index in [4.69, 9.17) is 4.74 Å². The zero-order valence-electron chi connectivity index (χ0n) is 13.0. The molecule has 2 aliphatic rings. The van der Waals surface area contributed by atoms with Crippen LogP contribution in [0, 0.1) is 0 Å². The fraction of sp³-hybridized carbons (Fsp3) is 0.400. The number of benzene rings is 2. The maximum absolute atomic E-state index is 6.08. The van der Waals surface area contributed by atoms with Crippen LogP contribution in [-0.2, 0) is 4.74 Å². The van der Waals surface area contributed by atoms with E-state index in [0.717, 1.165) is 6.42 Å². The fourth-order valence-electron chi connectivity index (χ4n) is 4.60. The molecule has 2 aromatic carbocycles. The highest BCUT2D eigenvalue weighted by Gasteiger charge is 2.56. The van der Waals surface area contributed by atoms with Crippen LogP contribution in [0.1, 0.15) is 42.2 Å². The van der Waals surface area contributed by atoms with Crippen LogP contribution in [-0.4, -0.2) is 18.9 Å². The molecule has 0 aliphatic carbocycles. The van der Waals surface area contributed by atoms with Gasteiger partial charge in [-0.1, -0.05) is 60.7 Å². The van der Waals surface area contributed by atoms with Gasteiger partial charge in [0.25, 0.3) is 0 Å². The topological polar surface area (TPSA) is 21.3 Å². The Hall–Kier alpha value is -1.64. The van der Waals surface area contributed by atoms with Crippen molar-refractivity contribution in [2.45, 2.75) is 42.9 Å². The van der Waals surface area contributed by atoms with E-state index in [2.05, 4.69) is 66.0 Å². The summed E-state index contributed by atoms with van der Waals surface area (Å²) >= 11 is 0. The number of ether oxygens (including phenoxy) is 1. The van der Waals surface area contributed by atoms with Crippen LogP contribution >= 0.6 is 0 Å². The summed E-state index contributed by atoms with van der Waals surface area (Å²) in [4.78, 5) is 0. The van der Waals surface area contributed by atoms with Crippen molar-refractivity contribution in [2.75, 3.05) is 7.11 Å². The molecule has 2 fully saturated rings. The van der Waals surface area contributed by atoms with Gasteiger partial charge in [0.05, 0.1) is 0 Å². The van der Waals surface area contributed by atoms with Crippen LogP contribution in [0.4, 0.5) is 0 Å². The predicted octanol–water partition coefficient (Wildman–Crippen LogP) is 4.05. The van der Waals surface area contributed by atoms with E-state index in [1.807, 2.05) is 7.11 Å². The molecule has 4 atom stereocenters. The van der Waals surface area contributed by atoms with Crippen molar-refractivity contribution in [1.82, 2.24) is 5.32 Å². The van der Waals surface area contributed by atoms with Gasteiger partial charge in [0.15, 0.2) is 0 Å². The van der Waals surface area contributed by atoms with E-state index in [-0.39, 0.29) is 5.72 Å². The molecule has 114 valence electrons. The highest BCUT2D eigenvalue weighted by atomic mass is 16.5. The zero-order valence-corrected chi connectivity index (χ0v) is 13.0. The molecule has 2 nitrogen and oxygen atoms in total. The lowest BCUT2D eigenvalue weighted by atomic mass is 9.77. The molecule has 2 aliphatic heterocycles. The predicted molar refractivity (Wildman–Crippen MR) is 88.9 cm³/mol. The third-order valence-corrected chi connectivity index (χ3v) is 5.50. The largest absolute Gasteiger partial charge is 0.363 e. The zero-order chi connectivity index (χ0) is 15.0. The molecule has 0 unspecified atom stereocenters. The first-order valence-corrected chi connectivity index (χ1v) is 8.27. The molecular weight excluding hydrogens is 270 g/mol. The molecule has 4 rings (SSSR count). The maximum atomic E-state index is 6.08. The van der Waals surface area contributed by atoms with Crippen molar-refractivity contribution < 1.29 is 4.74 Å². The Morgan fingerprint density at radius 3 is 2.23 bits per heavy atom. The summed E-state index contributed by atoms with van der Waals surface area (Å²) in [6.07, 6.45) is 3.55. The van der Waals surface area contributed by atoms with E-state index < -0.39 is 0 Å². The Labute approximate surface area is 132 Å². The van der Waals surface area contributed by atoms with Gasteiger partial charge in [0, 0.05) is 25.0 Å². The number of hydrogen-bond donors (Lipinski definition) is 1. The second-order valence-corrected chi connectivity index (χ2v) is 6.56. The van der Waals surface area contributed by atoms with Crippen molar-refractivity contribution in [3.8, 4) is 0 Å². The Morgan fingerprint density at radius 1 is 0.955 bits per heavy atom. The lowest BCUT2D eigenvalue weighted by Gasteiger charge is -2.37. The van der Waals surface area contributed by atoms with Crippen LogP contribution in [0.2, 0.25) is 0 Å². The van der Waals surface area contributed by atoms with Gasteiger partial charge >= 0.3 is 0 Å². The van der Waals surface area contributed by atoms with Crippen molar-refractivity contribution >= 4 is 0 Å². The monoisotopic (exact) mass is 293 g/mol.